The third-order valence-electron chi connectivity index (χ3n) is 17.2. The Morgan fingerprint density at radius 3 is 0.595 bits per heavy atom. The molecular formula is C84H158O28P4. The summed E-state index contributed by atoms with van der Waals surface area (Å²) in [6.07, 6.45) is 79.5. The molecule has 4 atom stereocenters. The molecule has 0 aliphatic heterocycles. The van der Waals surface area contributed by atoms with E-state index in [1.54, 1.807) is 0 Å². The Bertz CT molecular complexity index is 2670. The van der Waals surface area contributed by atoms with Gasteiger partial charge in [-0.3, -0.25) is 37.3 Å². The first-order valence-electron chi connectivity index (χ1n) is 43.1. The normalized spacial score (nSPS) is 13.3. The van der Waals surface area contributed by atoms with Crippen molar-refractivity contribution in [1.29, 1.82) is 0 Å². The summed E-state index contributed by atoms with van der Waals surface area (Å²) in [6, 6.07) is 0. The fourth-order valence-corrected chi connectivity index (χ4v) is 12.1. The molecule has 116 heavy (non-hydrogen) atoms. The molecule has 32 heteroatoms. The molecular weight excluding hydrogens is 1580 g/mol. The van der Waals surface area contributed by atoms with Gasteiger partial charge in [-0.25, -0.2) is 18.3 Å². The Morgan fingerprint density at radius 1 is 0.224 bits per heavy atom. The van der Waals surface area contributed by atoms with Crippen molar-refractivity contribution in [2.75, 3.05) is 52.9 Å². The maximum atomic E-state index is 11.5. The van der Waals surface area contributed by atoms with Gasteiger partial charge in [0.05, 0.1) is 26.4 Å². The monoisotopic (exact) mass is 1740 g/mol. The Hall–Kier alpha value is -3.66. The molecule has 0 radical (unpaired) electrons. The SMILES string of the molecule is CCCCC/C=C\C/C=C\C/C=C\C/C=C\CCCC(=O)OC[C@@H](O)COP(=O)(O)O.CCCCC/C=C\C/C=C\CCCCCCCC(=O)OC[C@@H](O)COP(=O)(O)O.CCCCCCCC/C=C\CCCCCCCC(=O)OC[C@@H](O)COP(=O)(O)O.CCCCCCCCCCCCCCCC(=O)OC[C@@H](O)COP(=O)(O)O. The van der Waals surface area contributed by atoms with Crippen LogP contribution in [0.5, 0.6) is 0 Å². The minimum Gasteiger partial charge on any atom is -0.463 e. The lowest BCUT2D eigenvalue weighted by molar-refractivity contribution is -0.148. The van der Waals surface area contributed by atoms with E-state index in [-0.39, 0.29) is 45.7 Å². The molecule has 12 N–H and O–H groups in total. The van der Waals surface area contributed by atoms with Gasteiger partial charge < -0.3 is 78.5 Å². The Balaban J connectivity index is -0.000000722. The van der Waals surface area contributed by atoms with Crippen molar-refractivity contribution in [2.24, 2.45) is 0 Å². The molecule has 0 spiro atoms. The summed E-state index contributed by atoms with van der Waals surface area (Å²) in [5.74, 6) is -1.72. The summed E-state index contributed by atoms with van der Waals surface area (Å²) >= 11 is 0. The summed E-state index contributed by atoms with van der Waals surface area (Å²) < 4.78 is 77.9. The molecule has 0 aromatic rings. The molecule has 0 aliphatic carbocycles. The highest BCUT2D eigenvalue weighted by molar-refractivity contribution is 7.47. The molecule has 0 amide bonds. The minimum atomic E-state index is -4.63. The van der Waals surface area contributed by atoms with E-state index in [9.17, 15) is 57.9 Å². The van der Waals surface area contributed by atoms with Gasteiger partial charge in [0.2, 0.25) is 0 Å². The van der Waals surface area contributed by atoms with Gasteiger partial charge in [-0.1, -0.05) is 286 Å². The van der Waals surface area contributed by atoms with E-state index < -0.39 is 106 Å². The van der Waals surface area contributed by atoms with Crippen molar-refractivity contribution in [3.05, 3.63) is 85.1 Å². The summed E-state index contributed by atoms with van der Waals surface area (Å²) in [4.78, 5) is 114. The number of esters is 4. The van der Waals surface area contributed by atoms with E-state index in [2.05, 4.69) is 119 Å². The van der Waals surface area contributed by atoms with Gasteiger partial charge in [-0.15, -0.1) is 0 Å². The topological polar surface area (TPSA) is 453 Å². The lowest BCUT2D eigenvalue weighted by Crippen LogP contribution is -2.23. The van der Waals surface area contributed by atoms with E-state index in [0.29, 0.717) is 12.8 Å². The second-order valence-corrected chi connectivity index (χ2v) is 33.7. The molecule has 0 bridgehead atoms. The van der Waals surface area contributed by atoms with Crippen molar-refractivity contribution >= 4 is 55.2 Å². The fraction of sp³-hybridized carbons (Fsp3) is 0.786. The number of unbranched alkanes of at least 4 members (excludes halogenated alkanes) is 35. The number of aliphatic hydroxyl groups excluding tert-OH is 4. The number of hydrogen-bond donors (Lipinski definition) is 12. The molecule has 0 aromatic heterocycles. The largest absolute Gasteiger partial charge is 0.469 e. The highest BCUT2D eigenvalue weighted by Crippen LogP contribution is 2.38. The van der Waals surface area contributed by atoms with Crippen molar-refractivity contribution in [3.63, 3.8) is 0 Å². The van der Waals surface area contributed by atoms with Gasteiger partial charge in [-0.05, 0) is 122 Å². The third-order valence-corrected chi connectivity index (χ3v) is 19.1. The van der Waals surface area contributed by atoms with Crippen LogP contribution in [0.1, 0.15) is 349 Å². The predicted octanol–water partition coefficient (Wildman–Crippen LogP) is 19.5. The summed E-state index contributed by atoms with van der Waals surface area (Å²) in [6.45, 7) is 5.23. The molecule has 0 saturated heterocycles. The molecule has 0 heterocycles. The molecule has 682 valence electrons. The molecule has 0 aliphatic rings. The van der Waals surface area contributed by atoms with E-state index in [0.717, 1.165) is 122 Å². The van der Waals surface area contributed by atoms with Crippen LogP contribution in [0.3, 0.4) is 0 Å². The van der Waals surface area contributed by atoms with Gasteiger partial charge in [-0.2, -0.15) is 0 Å². The number of ether oxygens (including phenoxy) is 4. The number of phosphoric acid groups is 4. The lowest BCUT2D eigenvalue weighted by atomic mass is 10.0. The Morgan fingerprint density at radius 2 is 0.379 bits per heavy atom. The van der Waals surface area contributed by atoms with Crippen molar-refractivity contribution in [2.45, 2.75) is 373 Å². The van der Waals surface area contributed by atoms with Gasteiger partial charge in [0.25, 0.3) is 0 Å². The molecule has 0 fully saturated rings. The Kier molecular flexibility index (Phi) is 89.7. The number of hydrogen-bond acceptors (Lipinski definition) is 20. The number of allylic oxidation sites excluding steroid dienone is 14. The van der Waals surface area contributed by atoms with Gasteiger partial charge in [0.15, 0.2) is 0 Å². The standard InChI is InChI=1S/C23H39O7P.C21H41O7P.C21H39O7P.C19H39O7P/c1-2-3-4-5-6-7-8-9-10-11-12-13-14-15-16-17-18-19-23(25)29-20-22(24)21-30-31(26,27)28;2*1-2-3-4-5-6-7-8-9-10-11-12-13-14-15-16-17-21(23)27-18-20(22)19-28-29(24,25)26;1-2-3-4-5-6-7-8-9-10-11-12-13-14-15-19(21)25-16-18(20)17-26-27(22,23)24/h6-7,9-10,12-13,15-16,22,24H,2-5,8,11,14,17-21H2,1H3,(H2,26,27,28);9-10,20,22H,2-8,11-19H2,1H3,(H2,24,25,26);6-7,9-10,20,22H,2-5,8,11-19H2,1H3,(H2,24,25,26);18,20H,2-17H2,1H3,(H2,22,23,24)/b7-6-,10-9-,13-12-,16-15-;10-9-;7-6-,10-9-;/t22-;2*20-;18-/m1111/s1. The van der Waals surface area contributed by atoms with Crippen LogP contribution in [0.15, 0.2) is 85.1 Å². The second kappa shape index (κ2) is 87.7. The third kappa shape index (κ3) is 112. The fourth-order valence-electron chi connectivity index (χ4n) is 10.6. The van der Waals surface area contributed by atoms with Gasteiger partial charge in [0, 0.05) is 25.7 Å². The summed E-state index contributed by atoms with van der Waals surface area (Å²) in [7, 11) is -18.5. The maximum absolute atomic E-state index is 11.5. The van der Waals surface area contributed by atoms with Crippen molar-refractivity contribution < 1.29 is 134 Å². The van der Waals surface area contributed by atoms with E-state index in [1.165, 1.54) is 167 Å². The summed E-state index contributed by atoms with van der Waals surface area (Å²) in [5, 5.41) is 37.6. The lowest BCUT2D eigenvalue weighted by Gasteiger charge is -2.12. The van der Waals surface area contributed by atoms with Crippen LogP contribution in [0.25, 0.3) is 0 Å². The predicted molar refractivity (Wildman–Crippen MR) is 457 cm³/mol. The quantitative estimate of drug-likeness (QED) is 0.00884. The maximum Gasteiger partial charge on any atom is 0.469 e. The molecule has 0 rings (SSSR count). The average molecular weight is 1740 g/mol. The summed E-state index contributed by atoms with van der Waals surface area (Å²) in [5.41, 5.74) is 0. The van der Waals surface area contributed by atoms with Crippen LogP contribution in [0.4, 0.5) is 0 Å². The smallest absolute Gasteiger partial charge is 0.463 e. The van der Waals surface area contributed by atoms with Crippen molar-refractivity contribution in [1.82, 2.24) is 0 Å². The zero-order chi connectivity index (χ0) is 87.2. The van der Waals surface area contributed by atoms with Crippen LogP contribution in [0, 0.1) is 0 Å². The first-order valence-corrected chi connectivity index (χ1v) is 49.2. The van der Waals surface area contributed by atoms with Gasteiger partial charge >= 0.3 is 55.2 Å². The zero-order valence-electron chi connectivity index (χ0n) is 71.1. The number of carbonyl (C=O) groups is 4. The molecule has 0 aromatic carbocycles. The highest BCUT2D eigenvalue weighted by atomic mass is 31.2. The van der Waals surface area contributed by atoms with Crippen LogP contribution in [0.2, 0.25) is 0 Å². The van der Waals surface area contributed by atoms with Crippen LogP contribution in [-0.2, 0) is 74.5 Å². The van der Waals surface area contributed by atoms with Crippen LogP contribution < -0.4 is 0 Å². The van der Waals surface area contributed by atoms with E-state index >= 15 is 0 Å². The zero-order valence-corrected chi connectivity index (χ0v) is 74.7. The van der Waals surface area contributed by atoms with E-state index in [1.807, 2.05) is 12.2 Å². The first kappa shape index (κ1) is 119. The number of carbonyl (C=O) groups excluding carboxylic acids is 4. The number of aliphatic hydroxyl groups is 4. The Labute approximate surface area is 697 Å². The molecule has 0 saturated carbocycles. The van der Waals surface area contributed by atoms with Crippen LogP contribution in [-0.4, -0.2) is 161 Å². The number of phosphoric ester groups is 4. The number of rotatable bonds is 77. The first-order chi connectivity index (χ1) is 55.4. The average Bonchev–Trinajstić information content (AvgIpc) is 0.974. The van der Waals surface area contributed by atoms with E-state index in [4.69, 9.17) is 58.1 Å². The van der Waals surface area contributed by atoms with Crippen molar-refractivity contribution in [3.8, 4) is 0 Å². The second-order valence-electron chi connectivity index (χ2n) is 28.8. The highest BCUT2D eigenvalue weighted by Gasteiger charge is 2.22. The minimum absolute atomic E-state index is 0.212. The van der Waals surface area contributed by atoms with Gasteiger partial charge in [0.1, 0.15) is 50.8 Å². The molecule has 28 nitrogen and oxygen atoms in total. The molecule has 0 unspecified atom stereocenters. The van der Waals surface area contributed by atoms with Crippen LogP contribution >= 0.6 is 31.3 Å².